The first-order chi connectivity index (χ1) is 20.4. The van der Waals surface area contributed by atoms with Crippen LogP contribution in [0.5, 0.6) is 5.75 Å². The van der Waals surface area contributed by atoms with E-state index in [4.69, 9.17) is 15.6 Å². The fourth-order valence-electron chi connectivity index (χ4n) is 6.06. The molecule has 3 heterocycles. The number of anilines is 3. The van der Waals surface area contributed by atoms with Crippen molar-refractivity contribution in [3.8, 4) is 17.0 Å². The van der Waals surface area contributed by atoms with Crippen molar-refractivity contribution in [2.75, 3.05) is 56.7 Å². The summed E-state index contributed by atoms with van der Waals surface area (Å²) in [6.45, 7) is 4.45. The van der Waals surface area contributed by atoms with Gasteiger partial charge in [-0.05, 0) is 57.0 Å². The first-order valence-electron chi connectivity index (χ1n) is 14.3. The highest BCUT2D eigenvalue weighted by molar-refractivity contribution is 6.01. The molecule has 0 unspecified atom stereocenters. The zero-order valence-corrected chi connectivity index (χ0v) is 23.9. The lowest BCUT2D eigenvalue weighted by Crippen LogP contribution is -2.49. The molecule has 220 valence electrons. The van der Waals surface area contributed by atoms with Gasteiger partial charge in [0, 0.05) is 49.5 Å². The van der Waals surface area contributed by atoms with Crippen molar-refractivity contribution in [2.24, 2.45) is 0 Å². The molecule has 1 aliphatic heterocycles. The van der Waals surface area contributed by atoms with Gasteiger partial charge in [-0.15, -0.1) is 0 Å². The minimum Gasteiger partial charge on any atom is -0.497 e. The van der Waals surface area contributed by atoms with Crippen LogP contribution < -0.4 is 21.1 Å². The summed E-state index contributed by atoms with van der Waals surface area (Å²) in [7, 11) is 3.72. The third kappa shape index (κ3) is 5.72. The topological polar surface area (TPSA) is 126 Å². The van der Waals surface area contributed by atoms with E-state index >= 15 is 4.39 Å². The van der Waals surface area contributed by atoms with Gasteiger partial charge < -0.3 is 26.0 Å². The van der Waals surface area contributed by atoms with E-state index in [1.807, 2.05) is 4.68 Å². The van der Waals surface area contributed by atoms with Gasteiger partial charge in [0.15, 0.2) is 5.65 Å². The van der Waals surface area contributed by atoms with Gasteiger partial charge in [0.25, 0.3) is 0 Å². The lowest BCUT2D eigenvalue weighted by atomic mass is 9.90. The normalized spacial score (nSPS) is 20.0. The number of nitrogen functional groups attached to an aromatic ring is 1. The van der Waals surface area contributed by atoms with E-state index < -0.39 is 11.8 Å². The van der Waals surface area contributed by atoms with Gasteiger partial charge in [0.2, 0.25) is 0 Å². The van der Waals surface area contributed by atoms with Crippen molar-refractivity contribution in [3.05, 3.63) is 54.6 Å². The molecule has 2 aromatic heterocycles. The lowest BCUT2D eigenvalue weighted by molar-refractivity contribution is 0.0815. The Morgan fingerprint density at radius 3 is 2.50 bits per heavy atom. The Balaban J connectivity index is 1.20. The predicted molar refractivity (Wildman–Crippen MR) is 161 cm³/mol. The Morgan fingerprint density at radius 1 is 1.00 bits per heavy atom. The van der Waals surface area contributed by atoms with E-state index in [1.54, 1.807) is 37.4 Å². The standard InChI is InChI=1S/C30H36FN9O2/c1-38-12-14-39(15-13-38)21-7-9-22(10-8-21)40-29-26(28(32)33-18-34-29)27(37-40)19-6-11-25(24(31)16-19)36-30(41)35-20-4-3-5-23(17-20)42-2/h3-6,11,16-18,21-22H,7-10,12-15H2,1-2H3,(H2,32,33,34)(H2,35,36,41). The van der Waals surface area contributed by atoms with Crippen LogP contribution in [0, 0.1) is 5.82 Å². The predicted octanol–water partition coefficient (Wildman–Crippen LogP) is 4.60. The zero-order chi connectivity index (χ0) is 29.2. The molecule has 12 heteroatoms. The minimum atomic E-state index is -0.598. The number of nitrogens with zero attached hydrogens (tertiary/aromatic N) is 6. The van der Waals surface area contributed by atoms with Crippen molar-refractivity contribution in [1.82, 2.24) is 29.5 Å². The number of rotatable bonds is 6. The van der Waals surface area contributed by atoms with Crippen LogP contribution in [0.15, 0.2) is 48.8 Å². The van der Waals surface area contributed by atoms with Crippen LogP contribution in [0.2, 0.25) is 0 Å². The molecular weight excluding hydrogens is 537 g/mol. The maximum atomic E-state index is 15.3. The number of urea groups is 1. The smallest absolute Gasteiger partial charge is 0.323 e. The number of amides is 2. The van der Waals surface area contributed by atoms with E-state index in [-0.39, 0.29) is 11.7 Å². The molecule has 4 aromatic rings. The third-order valence-electron chi connectivity index (χ3n) is 8.40. The summed E-state index contributed by atoms with van der Waals surface area (Å²) in [4.78, 5) is 26.3. The van der Waals surface area contributed by atoms with Gasteiger partial charge >= 0.3 is 6.03 Å². The molecule has 4 N–H and O–H groups in total. The van der Waals surface area contributed by atoms with Crippen molar-refractivity contribution in [2.45, 2.75) is 37.8 Å². The first kappa shape index (κ1) is 27.9. The number of piperazine rings is 1. The number of hydrogen-bond acceptors (Lipinski definition) is 8. The number of aromatic nitrogens is 4. The molecule has 0 spiro atoms. The van der Waals surface area contributed by atoms with E-state index in [0.29, 0.717) is 45.6 Å². The SMILES string of the molecule is COc1cccc(NC(=O)Nc2ccc(-c3nn(C4CCC(N5CCN(C)CC5)CC4)c4ncnc(N)c34)cc2F)c1. The molecule has 2 amide bonds. The molecule has 1 saturated heterocycles. The number of carbonyl (C=O) groups is 1. The first-order valence-corrected chi connectivity index (χ1v) is 14.3. The molecular formula is C30H36FN9O2. The van der Waals surface area contributed by atoms with Crippen LogP contribution >= 0.6 is 0 Å². The quantitative estimate of drug-likeness (QED) is 0.306. The molecule has 2 aliphatic rings. The highest BCUT2D eigenvalue weighted by Gasteiger charge is 2.30. The van der Waals surface area contributed by atoms with E-state index in [1.165, 1.54) is 18.5 Å². The second kappa shape index (κ2) is 11.9. The summed E-state index contributed by atoms with van der Waals surface area (Å²) in [5, 5.41) is 10.8. The van der Waals surface area contributed by atoms with Gasteiger partial charge in [-0.25, -0.2) is 23.8 Å². The average Bonchev–Trinajstić information content (AvgIpc) is 3.40. The molecule has 0 atom stereocenters. The van der Waals surface area contributed by atoms with E-state index in [2.05, 4.69) is 37.4 Å². The Bertz CT molecular complexity index is 1580. The van der Waals surface area contributed by atoms with Crippen molar-refractivity contribution in [1.29, 1.82) is 0 Å². The zero-order valence-electron chi connectivity index (χ0n) is 23.9. The van der Waals surface area contributed by atoms with E-state index in [0.717, 1.165) is 51.9 Å². The second-order valence-corrected chi connectivity index (χ2v) is 11.1. The monoisotopic (exact) mass is 573 g/mol. The number of carbonyl (C=O) groups excluding carboxylic acids is 1. The average molecular weight is 574 g/mol. The Hall–Kier alpha value is -4.29. The summed E-state index contributed by atoms with van der Waals surface area (Å²) < 4.78 is 22.4. The highest BCUT2D eigenvalue weighted by Crippen LogP contribution is 2.37. The summed E-state index contributed by atoms with van der Waals surface area (Å²) in [5.74, 6) is 0.299. The van der Waals surface area contributed by atoms with Crippen LogP contribution in [-0.4, -0.2) is 82.0 Å². The van der Waals surface area contributed by atoms with Crippen LogP contribution in [0.4, 0.5) is 26.4 Å². The molecule has 6 rings (SSSR count). The third-order valence-corrected chi connectivity index (χ3v) is 8.40. The summed E-state index contributed by atoms with van der Waals surface area (Å²) in [5.41, 5.74) is 8.58. The fourth-order valence-corrected chi connectivity index (χ4v) is 6.06. The molecule has 1 saturated carbocycles. The minimum absolute atomic E-state index is 0.0364. The second-order valence-electron chi connectivity index (χ2n) is 11.1. The number of benzene rings is 2. The van der Waals surface area contributed by atoms with Crippen LogP contribution in [0.25, 0.3) is 22.3 Å². The maximum absolute atomic E-state index is 15.3. The van der Waals surface area contributed by atoms with Crippen molar-refractivity contribution >= 4 is 34.3 Å². The molecule has 1 aliphatic carbocycles. The largest absolute Gasteiger partial charge is 0.497 e. The molecule has 0 radical (unpaired) electrons. The fraction of sp³-hybridized carbons (Fsp3) is 0.400. The Morgan fingerprint density at radius 2 is 1.76 bits per heavy atom. The van der Waals surface area contributed by atoms with Crippen LogP contribution in [0.1, 0.15) is 31.7 Å². The lowest BCUT2D eigenvalue weighted by Gasteiger charge is -2.41. The molecule has 42 heavy (non-hydrogen) atoms. The molecule has 2 aromatic carbocycles. The number of hydrogen-bond donors (Lipinski definition) is 3. The van der Waals surface area contributed by atoms with Gasteiger partial charge in [0.05, 0.1) is 24.2 Å². The van der Waals surface area contributed by atoms with Crippen molar-refractivity contribution in [3.63, 3.8) is 0 Å². The van der Waals surface area contributed by atoms with Gasteiger partial charge in [-0.1, -0.05) is 12.1 Å². The number of ether oxygens (including phenoxy) is 1. The highest BCUT2D eigenvalue weighted by atomic mass is 19.1. The summed E-state index contributed by atoms with van der Waals surface area (Å²) in [6, 6.07) is 11.7. The van der Waals surface area contributed by atoms with Gasteiger partial charge in [0.1, 0.15) is 29.4 Å². The van der Waals surface area contributed by atoms with E-state index in [9.17, 15) is 4.79 Å². The number of fused-ring (bicyclic) bond motifs is 1. The van der Waals surface area contributed by atoms with Crippen LogP contribution in [-0.2, 0) is 0 Å². The van der Waals surface area contributed by atoms with Crippen molar-refractivity contribution < 1.29 is 13.9 Å². The number of halogens is 1. The summed E-state index contributed by atoms with van der Waals surface area (Å²) >= 11 is 0. The van der Waals surface area contributed by atoms with Crippen LogP contribution in [0.3, 0.4) is 0 Å². The number of likely N-dealkylation sites (N-methyl/N-ethyl adjacent to an activating group) is 1. The molecule has 0 bridgehead atoms. The van der Waals surface area contributed by atoms with Gasteiger partial charge in [-0.2, -0.15) is 5.10 Å². The van der Waals surface area contributed by atoms with Gasteiger partial charge in [-0.3, -0.25) is 4.90 Å². The maximum Gasteiger partial charge on any atom is 0.323 e. The molecule has 2 fully saturated rings. The Kier molecular flexibility index (Phi) is 7.90. The summed E-state index contributed by atoms with van der Waals surface area (Å²) in [6.07, 6.45) is 5.61. The molecule has 11 nitrogen and oxygen atoms in total. The Labute approximate surface area is 243 Å². The number of nitrogens with two attached hydrogens (primary N) is 1. The number of nitrogens with one attached hydrogen (secondary N) is 2. The number of methoxy groups -OCH3 is 1.